The maximum atomic E-state index is 13.0. The molecule has 38 heavy (non-hydrogen) atoms. The van der Waals surface area contributed by atoms with Crippen molar-refractivity contribution in [2.75, 3.05) is 64.4 Å². The van der Waals surface area contributed by atoms with Gasteiger partial charge in [0.05, 0.1) is 22.2 Å². The number of aromatic nitrogens is 1. The Morgan fingerprint density at radius 3 is 2.58 bits per heavy atom. The molecule has 5 rings (SSSR count). The van der Waals surface area contributed by atoms with Gasteiger partial charge in [0.1, 0.15) is 5.75 Å². The number of methoxy groups -OCH3 is 1. The summed E-state index contributed by atoms with van der Waals surface area (Å²) in [6.07, 6.45) is 1.94. The predicted octanol–water partition coefficient (Wildman–Crippen LogP) is 3.28. The Morgan fingerprint density at radius 2 is 1.87 bits per heavy atom. The van der Waals surface area contributed by atoms with Crippen molar-refractivity contribution in [3.8, 4) is 5.75 Å². The first-order chi connectivity index (χ1) is 18.3. The number of amides is 1. The molecule has 2 aliphatic heterocycles. The monoisotopic (exact) mass is 557 g/mol. The summed E-state index contributed by atoms with van der Waals surface area (Å²) in [6.45, 7) is 8.05. The van der Waals surface area contributed by atoms with E-state index in [4.69, 9.17) is 9.72 Å². The minimum absolute atomic E-state index is 0.191. The summed E-state index contributed by atoms with van der Waals surface area (Å²) < 4.78 is 33.9. The van der Waals surface area contributed by atoms with Crippen molar-refractivity contribution in [2.45, 2.75) is 24.7 Å². The lowest BCUT2D eigenvalue weighted by Gasteiger charge is -2.34. The van der Waals surface area contributed by atoms with Gasteiger partial charge < -0.3 is 15.0 Å². The Bertz CT molecular complexity index is 1370. The highest BCUT2D eigenvalue weighted by Gasteiger charge is 2.28. The van der Waals surface area contributed by atoms with Crippen LogP contribution in [0.2, 0.25) is 0 Å². The molecule has 3 heterocycles. The molecule has 0 bridgehead atoms. The number of sulfonamides is 1. The van der Waals surface area contributed by atoms with Crippen LogP contribution >= 0.6 is 11.3 Å². The number of rotatable bonds is 8. The fourth-order valence-corrected chi connectivity index (χ4v) is 7.68. The number of anilines is 1. The lowest BCUT2D eigenvalue weighted by atomic mass is 10.0. The molecule has 11 heteroatoms. The largest absolute Gasteiger partial charge is 0.497 e. The highest BCUT2D eigenvalue weighted by atomic mass is 32.2. The number of hydrogen-bond acceptors (Lipinski definition) is 8. The average Bonchev–Trinajstić information content (AvgIpc) is 3.37. The number of carbonyl (C=O) groups is 1. The fourth-order valence-electron chi connectivity index (χ4n) is 5.04. The number of nitrogens with zero attached hydrogens (tertiary/aromatic N) is 4. The maximum absolute atomic E-state index is 13.0. The van der Waals surface area contributed by atoms with Crippen LogP contribution in [0.5, 0.6) is 5.75 Å². The van der Waals surface area contributed by atoms with Gasteiger partial charge in [0.15, 0.2) is 5.13 Å². The minimum Gasteiger partial charge on any atom is -0.497 e. The number of nitrogens with one attached hydrogen (secondary N) is 1. The zero-order valence-electron chi connectivity index (χ0n) is 21.9. The molecule has 0 radical (unpaired) electrons. The third-order valence-electron chi connectivity index (χ3n) is 7.31. The van der Waals surface area contributed by atoms with Gasteiger partial charge in [-0.2, -0.15) is 4.31 Å². The molecule has 0 spiro atoms. The minimum atomic E-state index is -3.52. The predicted molar refractivity (Wildman–Crippen MR) is 151 cm³/mol. The van der Waals surface area contributed by atoms with Crippen LogP contribution in [0.25, 0.3) is 10.2 Å². The third kappa shape index (κ3) is 5.96. The average molecular weight is 558 g/mol. The van der Waals surface area contributed by atoms with Crippen LogP contribution in [0.15, 0.2) is 47.4 Å². The molecule has 2 saturated heterocycles. The first-order valence-corrected chi connectivity index (χ1v) is 15.4. The van der Waals surface area contributed by atoms with Crippen molar-refractivity contribution in [3.05, 3.63) is 48.0 Å². The fraction of sp³-hybridized carbons (Fsp3) is 0.481. The van der Waals surface area contributed by atoms with E-state index in [0.717, 1.165) is 66.7 Å². The number of benzene rings is 2. The summed E-state index contributed by atoms with van der Waals surface area (Å²) >= 11 is 1.68. The number of ether oxygens (including phenoxy) is 1. The highest BCUT2D eigenvalue weighted by Crippen LogP contribution is 2.32. The molecular weight excluding hydrogens is 522 g/mol. The third-order valence-corrected chi connectivity index (χ3v) is 10.3. The summed E-state index contributed by atoms with van der Waals surface area (Å²) in [4.78, 5) is 22.3. The number of carbonyl (C=O) groups excluding carboxylic acids is 1. The smallest absolute Gasteiger partial charge is 0.251 e. The molecule has 0 aliphatic carbocycles. The van der Waals surface area contributed by atoms with Crippen LogP contribution < -0.4 is 15.0 Å². The Kier molecular flexibility index (Phi) is 8.18. The molecule has 1 atom stereocenters. The van der Waals surface area contributed by atoms with E-state index in [0.29, 0.717) is 31.1 Å². The Balaban J connectivity index is 1.08. The lowest BCUT2D eigenvalue weighted by Crippen LogP contribution is -2.48. The number of piperazine rings is 1. The molecule has 2 fully saturated rings. The van der Waals surface area contributed by atoms with Gasteiger partial charge >= 0.3 is 0 Å². The molecule has 1 N–H and O–H groups in total. The lowest BCUT2D eigenvalue weighted by molar-refractivity contribution is 0.0947. The molecule has 1 unspecified atom stereocenters. The van der Waals surface area contributed by atoms with E-state index in [1.165, 1.54) is 0 Å². The van der Waals surface area contributed by atoms with E-state index < -0.39 is 10.0 Å². The quantitative estimate of drug-likeness (QED) is 0.454. The molecular formula is C27H35N5O4S2. The number of thiazole rings is 1. The van der Waals surface area contributed by atoms with Crippen molar-refractivity contribution in [3.63, 3.8) is 0 Å². The van der Waals surface area contributed by atoms with Crippen molar-refractivity contribution in [1.29, 1.82) is 0 Å². The molecule has 2 aromatic carbocycles. The van der Waals surface area contributed by atoms with Gasteiger partial charge in [0, 0.05) is 57.9 Å². The Morgan fingerprint density at radius 1 is 1.11 bits per heavy atom. The van der Waals surface area contributed by atoms with Crippen molar-refractivity contribution in [2.24, 2.45) is 5.92 Å². The molecule has 0 saturated carbocycles. The van der Waals surface area contributed by atoms with Crippen LogP contribution in [0.3, 0.4) is 0 Å². The topological polar surface area (TPSA) is 95.1 Å². The molecule has 3 aromatic rings. The first kappa shape index (κ1) is 26.9. The summed E-state index contributed by atoms with van der Waals surface area (Å²) in [5.41, 5.74) is 1.45. The van der Waals surface area contributed by atoms with E-state index in [1.54, 1.807) is 47.0 Å². The molecule has 204 valence electrons. The number of fused-ring (bicyclic) bond motifs is 1. The van der Waals surface area contributed by atoms with Gasteiger partial charge in [0.25, 0.3) is 5.91 Å². The second kappa shape index (κ2) is 11.6. The van der Waals surface area contributed by atoms with Gasteiger partial charge in [-0.3, -0.25) is 9.69 Å². The zero-order chi connectivity index (χ0) is 26.7. The van der Waals surface area contributed by atoms with Crippen molar-refractivity contribution >= 4 is 42.6 Å². The van der Waals surface area contributed by atoms with Gasteiger partial charge in [-0.15, -0.1) is 0 Å². The zero-order valence-corrected chi connectivity index (χ0v) is 23.6. The standard InChI is InChI=1S/C27H35N5O4S2/c1-20-4-3-12-32(19-20)38(34,35)23-8-5-21(6-9-23)26(33)28-11-13-30-14-16-31(17-15-30)27-29-24-10-7-22(36-2)18-25(24)37-27/h5-10,18,20H,3-4,11-17,19H2,1-2H3,(H,28,33). The first-order valence-electron chi connectivity index (χ1n) is 13.1. The van der Waals surface area contributed by atoms with Crippen molar-refractivity contribution < 1.29 is 17.9 Å². The van der Waals surface area contributed by atoms with Crippen LogP contribution in [0, 0.1) is 5.92 Å². The second-order valence-corrected chi connectivity index (χ2v) is 13.0. The molecule has 9 nitrogen and oxygen atoms in total. The van der Waals surface area contributed by atoms with Crippen LogP contribution in [0.1, 0.15) is 30.1 Å². The summed E-state index contributed by atoms with van der Waals surface area (Å²) in [5, 5.41) is 4.00. The Hall–Kier alpha value is -2.73. The van der Waals surface area contributed by atoms with E-state index >= 15 is 0 Å². The van der Waals surface area contributed by atoms with Gasteiger partial charge in [-0.05, 0) is 61.2 Å². The maximum Gasteiger partial charge on any atom is 0.251 e. The van der Waals surface area contributed by atoms with Gasteiger partial charge in [-0.25, -0.2) is 13.4 Å². The van der Waals surface area contributed by atoms with E-state index in [-0.39, 0.29) is 10.8 Å². The van der Waals surface area contributed by atoms with Crippen LogP contribution in [0.4, 0.5) is 5.13 Å². The number of piperidine rings is 1. The molecule has 2 aliphatic rings. The normalized spacial score (nSPS) is 19.5. The van der Waals surface area contributed by atoms with Crippen LogP contribution in [-0.4, -0.2) is 88.0 Å². The second-order valence-electron chi connectivity index (χ2n) is 10.0. The van der Waals surface area contributed by atoms with Gasteiger partial charge in [-0.1, -0.05) is 18.3 Å². The van der Waals surface area contributed by atoms with Gasteiger partial charge in [0.2, 0.25) is 10.0 Å². The summed E-state index contributed by atoms with van der Waals surface area (Å²) in [6, 6.07) is 12.2. The summed E-state index contributed by atoms with van der Waals surface area (Å²) in [5.74, 6) is 1.01. The Labute approximate surface area is 228 Å². The molecule has 1 aromatic heterocycles. The SMILES string of the molecule is COc1ccc2nc(N3CCN(CCNC(=O)c4ccc(S(=O)(=O)N5CCCC(C)C5)cc4)CC3)sc2c1. The van der Waals surface area contributed by atoms with E-state index in [1.807, 2.05) is 18.2 Å². The highest BCUT2D eigenvalue weighted by molar-refractivity contribution is 7.89. The molecule has 1 amide bonds. The van der Waals surface area contributed by atoms with Crippen molar-refractivity contribution in [1.82, 2.24) is 19.5 Å². The van der Waals surface area contributed by atoms with Crippen LogP contribution in [-0.2, 0) is 10.0 Å². The number of hydrogen-bond donors (Lipinski definition) is 1. The summed E-state index contributed by atoms with van der Waals surface area (Å²) in [7, 11) is -1.85. The van der Waals surface area contributed by atoms with E-state index in [2.05, 4.69) is 22.0 Å². The van der Waals surface area contributed by atoms with E-state index in [9.17, 15) is 13.2 Å².